The fourth-order valence-electron chi connectivity index (χ4n) is 2.50. The average Bonchev–Trinajstić information content (AvgIpc) is 3.01. The summed E-state index contributed by atoms with van der Waals surface area (Å²) < 4.78 is 18.1. The number of nitrogens with zero attached hydrogens (tertiary/aromatic N) is 1. The summed E-state index contributed by atoms with van der Waals surface area (Å²) in [5.41, 5.74) is 1.55. The van der Waals surface area contributed by atoms with Crippen LogP contribution >= 0.6 is 0 Å². The lowest BCUT2D eigenvalue weighted by Gasteiger charge is -2.13. The Labute approximate surface area is 144 Å². The molecule has 3 amide bonds. The van der Waals surface area contributed by atoms with Gasteiger partial charge in [-0.05, 0) is 29.8 Å². The second kappa shape index (κ2) is 7.65. The maximum Gasteiger partial charge on any atom is 0.414 e. The molecule has 6 nitrogen and oxygen atoms in total. The second-order valence-corrected chi connectivity index (χ2v) is 5.64. The van der Waals surface area contributed by atoms with Gasteiger partial charge in [-0.1, -0.05) is 30.3 Å². The maximum absolute atomic E-state index is 12.8. The first kappa shape index (κ1) is 16.8. The summed E-state index contributed by atoms with van der Waals surface area (Å²) in [6.45, 7) is 0.873. The molecule has 3 rings (SSSR count). The van der Waals surface area contributed by atoms with Gasteiger partial charge in [0.05, 0.1) is 13.1 Å². The number of benzene rings is 2. The number of amides is 3. The van der Waals surface area contributed by atoms with Crippen molar-refractivity contribution >= 4 is 17.8 Å². The monoisotopic (exact) mass is 343 g/mol. The molecule has 1 aliphatic rings. The smallest absolute Gasteiger partial charge is 0.414 e. The molecule has 0 radical (unpaired) electrons. The molecule has 1 aliphatic heterocycles. The lowest BCUT2D eigenvalue weighted by atomic mass is 10.2. The summed E-state index contributed by atoms with van der Waals surface area (Å²) in [4.78, 5) is 25.3. The topological polar surface area (TPSA) is 70.7 Å². The van der Waals surface area contributed by atoms with E-state index < -0.39 is 12.2 Å². The predicted octanol–water partition coefficient (Wildman–Crippen LogP) is 2.65. The number of anilines is 1. The maximum atomic E-state index is 12.8. The Morgan fingerprint density at radius 3 is 2.56 bits per heavy atom. The molecule has 7 heteroatoms. The van der Waals surface area contributed by atoms with Gasteiger partial charge in [0, 0.05) is 12.2 Å². The van der Waals surface area contributed by atoms with E-state index in [1.54, 1.807) is 12.1 Å². The van der Waals surface area contributed by atoms with E-state index >= 15 is 0 Å². The minimum Gasteiger partial charge on any atom is -0.442 e. The number of cyclic esters (lactones) is 1. The fourth-order valence-corrected chi connectivity index (χ4v) is 2.50. The van der Waals surface area contributed by atoms with Crippen LogP contribution in [0.1, 0.15) is 5.56 Å². The summed E-state index contributed by atoms with van der Waals surface area (Å²) >= 11 is 0. The summed E-state index contributed by atoms with van der Waals surface area (Å²) in [6, 6.07) is 14.7. The molecule has 0 bridgehead atoms. The number of para-hydroxylation sites is 1. The number of rotatable bonds is 5. The van der Waals surface area contributed by atoms with Crippen LogP contribution in [0.15, 0.2) is 54.6 Å². The third kappa shape index (κ3) is 4.47. The Bertz CT molecular complexity index is 737. The highest BCUT2D eigenvalue weighted by Gasteiger charge is 2.32. The first-order chi connectivity index (χ1) is 12.1. The second-order valence-electron chi connectivity index (χ2n) is 5.64. The van der Waals surface area contributed by atoms with Crippen LogP contribution in [0.5, 0.6) is 0 Å². The first-order valence-corrected chi connectivity index (χ1v) is 7.91. The Balaban J connectivity index is 1.43. The van der Waals surface area contributed by atoms with Crippen LogP contribution in [0.2, 0.25) is 0 Å². The van der Waals surface area contributed by atoms with Crippen LogP contribution < -0.4 is 15.5 Å². The van der Waals surface area contributed by atoms with Crippen molar-refractivity contribution in [1.82, 2.24) is 10.6 Å². The van der Waals surface area contributed by atoms with Gasteiger partial charge in [0.1, 0.15) is 11.9 Å². The van der Waals surface area contributed by atoms with Crippen molar-refractivity contribution in [3.8, 4) is 0 Å². The van der Waals surface area contributed by atoms with Gasteiger partial charge in [0.2, 0.25) is 0 Å². The van der Waals surface area contributed by atoms with Gasteiger partial charge in [0.15, 0.2) is 0 Å². The third-order valence-electron chi connectivity index (χ3n) is 3.80. The molecular weight excluding hydrogens is 325 g/mol. The molecule has 0 unspecified atom stereocenters. The lowest BCUT2D eigenvalue weighted by Crippen LogP contribution is -2.40. The van der Waals surface area contributed by atoms with E-state index in [4.69, 9.17) is 4.74 Å². The van der Waals surface area contributed by atoms with Crippen molar-refractivity contribution < 1.29 is 18.7 Å². The fraction of sp³-hybridized carbons (Fsp3) is 0.222. The van der Waals surface area contributed by atoms with Gasteiger partial charge < -0.3 is 15.4 Å². The predicted molar refractivity (Wildman–Crippen MR) is 90.7 cm³/mol. The number of nitrogens with one attached hydrogen (secondary N) is 2. The molecule has 2 aromatic rings. The molecular formula is C18H18FN3O3. The largest absolute Gasteiger partial charge is 0.442 e. The number of halogens is 1. The van der Waals surface area contributed by atoms with Crippen molar-refractivity contribution in [2.24, 2.45) is 0 Å². The van der Waals surface area contributed by atoms with Crippen LogP contribution in [-0.4, -0.2) is 31.3 Å². The molecule has 0 aliphatic carbocycles. The van der Waals surface area contributed by atoms with E-state index in [1.165, 1.54) is 17.0 Å². The van der Waals surface area contributed by atoms with Gasteiger partial charge in [-0.25, -0.2) is 14.0 Å². The van der Waals surface area contributed by atoms with Crippen LogP contribution in [0.25, 0.3) is 0 Å². The lowest BCUT2D eigenvalue weighted by molar-refractivity contribution is 0.140. The molecule has 0 spiro atoms. The zero-order valence-electron chi connectivity index (χ0n) is 13.4. The standard InChI is InChI=1S/C18H18FN3O3/c19-14-8-6-13(7-9-14)10-20-17(23)21-11-16-12-22(18(24)25-16)15-4-2-1-3-5-15/h1-9,16H,10-12H2,(H2,20,21,23)/t16-/m0/s1. The van der Waals surface area contributed by atoms with Crippen molar-refractivity contribution in [2.45, 2.75) is 12.6 Å². The number of urea groups is 1. The molecule has 1 fully saturated rings. The van der Waals surface area contributed by atoms with E-state index in [9.17, 15) is 14.0 Å². The first-order valence-electron chi connectivity index (χ1n) is 7.91. The van der Waals surface area contributed by atoms with E-state index in [0.717, 1.165) is 11.3 Å². The molecule has 130 valence electrons. The van der Waals surface area contributed by atoms with Crippen LogP contribution in [0.3, 0.4) is 0 Å². The molecule has 0 aromatic heterocycles. The number of carbonyl (C=O) groups is 2. The number of ether oxygens (including phenoxy) is 1. The zero-order valence-corrected chi connectivity index (χ0v) is 13.4. The van der Waals surface area contributed by atoms with Gasteiger partial charge in [0.25, 0.3) is 0 Å². The molecule has 1 atom stereocenters. The van der Waals surface area contributed by atoms with Crippen molar-refractivity contribution in [2.75, 3.05) is 18.0 Å². The van der Waals surface area contributed by atoms with E-state index in [2.05, 4.69) is 10.6 Å². The number of hydrogen-bond donors (Lipinski definition) is 2. The molecule has 25 heavy (non-hydrogen) atoms. The summed E-state index contributed by atoms with van der Waals surface area (Å²) in [6.07, 6.45) is -0.839. The molecule has 1 saturated heterocycles. The highest BCUT2D eigenvalue weighted by atomic mass is 19.1. The van der Waals surface area contributed by atoms with Crippen LogP contribution in [-0.2, 0) is 11.3 Å². The summed E-state index contributed by atoms with van der Waals surface area (Å²) in [5, 5.41) is 5.34. The van der Waals surface area contributed by atoms with E-state index in [1.807, 2.05) is 30.3 Å². The molecule has 2 N–H and O–H groups in total. The van der Waals surface area contributed by atoms with Crippen molar-refractivity contribution in [3.63, 3.8) is 0 Å². The zero-order chi connectivity index (χ0) is 17.6. The van der Waals surface area contributed by atoms with Gasteiger partial charge in [-0.3, -0.25) is 4.90 Å². The van der Waals surface area contributed by atoms with Gasteiger partial charge >= 0.3 is 12.1 Å². The Morgan fingerprint density at radius 2 is 1.84 bits per heavy atom. The Hall–Kier alpha value is -3.09. The average molecular weight is 343 g/mol. The summed E-state index contributed by atoms with van der Waals surface area (Å²) in [7, 11) is 0. The van der Waals surface area contributed by atoms with E-state index in [0.29, 0.717) is 6.54 Å². The minimum atomic E-state index is -0.426. The normalized spacial score (nSPS) is 16.4. The van der Waals surface area contributed by atoms with Crippen LogP contribution in [0.4, 0.5) is 19.7 Å². The van der Waals surface area contributed by atoms with E-state index in [-0.39, 0.29) is 24.9 Å². The third-order valence-corrected chi connectivity index (χ3v) is 3.80. The number of carbonyl (C=O) groups excluding carboxylic acids is 2. The van der Waals surface area contributed by atoms with Crippen LogP contribution in [0, 0.1) is 5.82 Å². The Morgan fingerprint density at radius 1 is 1.12 bits per heavy atom. The highest BCUT2D eigenvalue weighted by molar-refractivity contribution is 5.89. The summed E-state index contributed by atoms with van der Waals surface area (Å²) in [5.74, 6) is -0.320. The minimum absolute atomic E-state index is 0.213. The molecule has 0 saturated carbocycles. The SMILES string of the molecule is O=C(NCc1ccc(F)cc1)NC[C@H]1CN(c2ccccc2)C(=O)O1. The van der Waals surface area contributed by atoms with Crippen molar-refractivity contribution in [3.05, 3.63) is 66.0 Å². The quantitative estimate of drug-likeness (QED) is 0.877. The number of hydrogen-bond acceptors (Lipinski definition) is 3. The molecule has 1 heterocycles. The Kier molecular flexibility index (Phi) is 5.13. The van der Waals surface area contributed by atoms with Gasteiger partial charge in [-0.2, -0.15) is 0 Å². The van der Waals surface area contributed by atoms with Gasteiger partial charge in [-0.15, -0.1) is 0 Å². The van der Waals surface area contributed by atoms with Crippen molar-refractivity contribution in [1.29, 1.82) is 0 Å². The molecule has 2 aromatic carbocycles. The highest BCUT2D eigenvalue weighted by Crippen LogP contribution is 2.20.